The van der Waals surface area contributed by atoms with Gasteiger partial charge in [-0.3, -0.25) is 0 Å². The van der Waals surface area contributed by atoms with E-state index >= 15 is 0 Å². The summed E-state index contributed by atoms with van der Waals surface area (Å²) in [5.41, 5.74) is 3.19. The predicted molar refractivity (Wildman–Crippen MR) is 82.1 cm³/mol. The molecule has 0 N–H and O–H groups in total. The molecular weight excluding hydrogens is 216 g/mol. The van der Waals surface area contributed by atoms with Gasteiger partial charge in [0.2, 0.25) is 0 Å². The lowest BCUT2D eigenvalue weighted by molar-refractivity contribution is 0.584. The number of hydrogen-bond donors (Lipinski definition) is 0. The fourth-order valence-corrected chi connectivity index (χ4v) is 2.27. The lowest BCUT2D eigenvalue weighted by atomic mass is 9.83. The summed E-state index contributed by atoms with van der Waals surface area (Å²) in [4.78, 5) is 0. The van der Waals surface area contributed by atoms with E-state index in [1.54, 1.807) is 0 Å². The summed E-state index contributed by atoms with van der Waals surface area (Å²) < 4.78 is 0. The van der Waals surface area contributed by atoms with Crippen LogP contribution >= 0.6 is 0 Å². The average Bonchev–Trinajstić information content (AvgIpc) is 2.33. The van der Waals surface area contributed by atoms with Crippen molar-refractivity contribution in [3.63, 3.8) is 0 Å². The van der Waals surface area contributed by atoms with Crippen LogP contribution in [0.3, 0.4) is 0 Å². The Morgan fingerprint density at radius 3 is 2.39 bits per heavy atom. The van der Waals surface area contributed by atoms with Crippen LogP contribution in [0.15, 0.2) is 36.4 Å². The van der Waals surface area contributed by atoms with Crippen LogP contribution in [0.25, 0.3) is 0 Å². The molecule has 0 spiro atoms. The summed E-state index contributed by atoms with van der Waals surface area (Å²) in [6, 6.07) is 8.82. The molecule has 0 aliphatic heterocycles. The smallest absolute Gasteiger partial charge is 0.00945 e. The van der Waals surface area contributed by atoms with Gasteiger partial charge in [-0.2, -0.15) is 0 Å². The molecule has 0 radical (unpaired) electrons. The second-order valence-electron chi connectivity index (χ2n) is 6.08. The maximum Gasteiger partial charge on any atom is -0.00945 e. The van der Waals surface area contributed by atoms with Gasteiger partial charge in [0.05, 0.1) is 0 Å². The average molecular weight is 244 g/mol. The van der Waals surface area contributed by atoms with E-state index in [9.17, 15) is 0 Å². The highest BCUT2D eigenvalue weighted by atomic mass is 14.2. The summed E-state index contributed by atoms with van der Waals surface area (Å²) in [6.07, 6.45) is 11.0. The number of hydrogen-bond acceptors (Lipinski definition) is 0. The molecular formula is C18H28. The number of benzene rings is 1. The summed E-state index contributed by atoms with van der Waals surface area (Å²) in [6.45, 7) is 9.12. The maximum atomic E-state index is 2.34. The number of unbranched alkanes of at least 4 members (excludes halogenated alkanes) is 3. The van der Waals surface area contributed by atoms with Crippen LogP contribution in [0, 0.1) is 0 Å². The van der Waals surface area contributed by atoms with Gasteiger partial charge in [-0.25, -0.2) is 0 Å². The van der Waals surface area contributed by atoms with Crippen molar-refractivity contribution in [2.45, 2.75) is 65.2 Å². The Morgan fingerprint density at radius 2 is 1.72 bits per heavy atom. The number of rotatable bonds is 6. The van der Waals surface area contributed by atoms with Crippen LogP contribution in [0.5, 0.6) is 0 Å². The van der Waals surface area contributed by atoms with Crippen molar-refractivity contribution in [3.05, 3.63) is 47.5 Å². The Balaban J connectivity index is 2.57. The minimum Gasteiger partial charge on any atom is -0.0882 e. The van der Waals surface area contributed by atoms with E-state index in [0.717, 1.165) is 6.42 Å². The lowest BCUT2D eigenvalue weighted by Gasteiger charge is -2.22. The van der Waals surface area contributed by atoms with Crippen molar-refractivity contribution in [3.8, 4) is 0 Å². The van der Waals surface area contributed by atoms with E-state index in [-0.39, 0.29) is 5.41 Å². The van der Waals surface area contributed by atoms with Gasteiger partial charge in [-0.05, 0) is 35.8 Å². The highest BCUT2D eigenvalue weighted by molar-refractivity contribution is 5.34. The topological polar surface area (TPSA) is 0 Å². The third-order valence-corrected chi connectivity index (χ3v) is 3.30. The number of allylic oxidation sites excluding steroid dienone is 2. The normalized spacial score (nSPS) is 12.2. The monoisotopic (exact) mass is 244 g/mol. The Labute approximate surface area is 113 Å². The van der Waals surface area contributed by atoms with E-state index in [1.165, 1.54) is 36.8 Å². The summed E-state index contributed by atoms with van der Waals surface area (Å²) >= 11 is 0. The molecule has 0 atom stereocenters. The largest absolute Gasteiger partial charge is 0.0882 e. The zero-order chi connectivity index (χ0) is 13.4. The Kier molecular flexibility index (Phi) is 6.18. The first-order valence-electron chi connectivity index (χ1n) is 7.29. The molecule has 0 heteroatoms. The minimum absolute atomic E-state index is 0.243. The Hall–Kier alpha value is -1.04. The van der Waals surface area contributed by atoms with Gasteiger partial charge in [0, 0.05) is 0 Å². The molecule has 0 aliphatic carbocycles. The molecule has 1 rings (SSSR count). The zero-order valence-electron chi connectivity index (χ0n) is 12.5. The van der Waals surface area contributed by atoms with Crippen molar-refractivity contribution in [1.29, 1.82) is 0 Å². The third kappa shape index (κ3) is 5.08. The minimum atomic E-state index is 0.243. The lowest BCUT2D eigenvalue weighted by Crippen LogP contribution is -2.13. The fraction of sp³-hybridized carbons (Fsp3) is 0.556. The van der Waals surface area contributed by atoms with Crippen LogP contribution in [0.4, 0.5) is 0 Å². The van der Waals surface area contributed by atoms with Crippen molar-refractivity contribution < 1.29 is 0 Å². The molecule has 1 aromatic carbocycles. The summed E-state index contributed by atoms with van der Waals surface area (Å²) in [5, 5.41) is 0. The molecule has 0 aliphatic rings. The standard InChI is InChI=1S/C18H28/c1-5-6-7-8-9-10-13-16-14-11-12-15-17(16)18(2,3)4/h9-12,14-15H,5-8,13H2,1-4H3/b10-9+. The molecule has 1 aromatic rings. The molecule has 0 unspecified atom stereocenters. The van der Waals surface area contributed by atoms with Gasteiger partial charge < -0.3 is 0 Å². The molecule has 100 valence electrons. The first kappa shape index (κ1) is 15.0. The molecule has 0 heterocycles. The molecule has 0 amide bonds. The summed E-state index contributed by atoms with van der Waals surface area (Å²) in [7, 11) is 0. The van der Waals surface area contributed by atoms with Crippen LogP contribution < -0.4 is 0 Å². The van der Waals surface area contributed by atoms with Crippen LogP contribution in [-0.4, -0.2) is 0 Å². The van der Waals surface area contributed by atoms with Crippen LogP contribution in [0.1, 0.15) is 64.5 Å². The fourth-order valence-electron chi connectivity index (χ4n) is 2.27. The maximum absolute atomic E-state index is 2.34. The van der Waals surface area contributed by atoms with E-state index < -0.39 is 0 Å². The SMILES string of the molecule is CCCCC/C=C/Cc1ccccc1C(C)(C)C. The molecule has 0 nitrogen and oxygen atoms in total. The van der Waals surface area contributed by atoms with Crippen molar-refractivity contribution >= 4 is 0 Å². The Morgan fingerprint density at radius 1 is 1.00 bits per heavy atom. The first-order valence-corrected chi connectivity index (χ1v) is 7.29. The van der Waals surface area contributed by atoms with Gasteiger partial charge >= 0.3 is 0 Å². The highest BCUT2D eigenvalue weighted by Gasteiger charge is 2.16. The second kappa shape index (κ2) is 7.41. The Bertz CT molecular complexity index is 366. The van der Waals surface area contributed by atoms with E-state index in [1.807, 2.05) is 0 Å². The van der Waals surface area contributed by atoms with Gasteiger partial charge in [0.15, 0.2) is 0 Å². The van der Waals surface area contributed by atoms with E-state index in [4.69, 9.17) is 0 Å². The molecule has 0 saturated heterocycles. The van der Waals surface area contributed by atoms with Crippen molar-refractivity contribution in [1.82, 2.24) is 0 Å². The zero-order valence-corrected chi connectivity index (χ0v) is 12.5. The van der Waals surface area contributed by atoms with E-state index in [2.05, 4.69) is 64.1 Å². The van der Waals surface area contributed by atoms with Gasteiger partial charge in [0.1, 0.15) is 0 Å². The molecule has 0 bridgehead atoms. The van der Waals surface area contributed by atoms with Crippen LogP contribution in [-0.2, 0) is 11.8 Å². The first-order chi connectivity index (χ1) is 8.55. The van der Waals surface area contributed by atoms with Crippen molar-refractivity contribution in [2.75, 3.05) is 0 Å². The van der Waals surface area contributed by atoms with Gasteiger partial charge in [-0.15, -0.1) is 0 Å². The molecule has 0 aromatic heterocycles. The highest BCUT2D eigenvalue weighted by Crippen LogP contribution is 2.26. The third-order valence-electron chi connectivity index (χ3n) is 3.30. The molecule has 0 saturated carbocycles. The van der Waals surface area contributed by atoms with E-state index in [0.29, 0.717) is 0 Å². The quantitative estimate of drug-likeness (QED) is 0.447. The molecule has 18 heavy (non-hydrogen) atoms. The van der Waals surface area contributed by atoms with Gasteiger partial charge in [-0.1, -0.05) is 77.0 Å². The predicted octanol–water partition coefficient (Wildman–Crippen LogP) is 5.66. The summed E-state index contributed by atoms with van der Waals surface area (Å²) in [5.74, 6) is 0. The van der Waals surface area contributed by atoms with Crippen molar-refractivity contribution in [2.24, 2.45) is 0 Å². The van der Waals surface area contributed by atoms with Gasteiger partial charge in [0.25, 0.3) is 0 Å². The van der Waals surface area contributed by atoms with Crippen LogP contribution in [0.2, 0.25) is 0 Å². The molecule has 0 fully saturated rings. The second-order valence-corrected chi connectivity index (χ2v) is 6.08.